The van der Waals surface area contributed by atoms with Gasteiger partial charge in [-0.25, -0.2) is 0 Å². The fourth-order valence-corrected chi connectivity index (χ4v) is 2.29. The SMILES string of the molecule is CC1(NC(=O)CCC(=O)OC(C)(C)C)CCCC1. The third-order valence-corrected chi connectivity index (χ3v) is 3.12. The lowest BCUT2D eigenvalue weighted by atomic mass is 10.0. The summed E-state index contributed by atoms with van der Waals surface area (Å²) in [5, 5.41) is 3.03. The number of amides is 1. The summed E-state index contributed by atoms with van der Waals surface area (Å²) in [6, 6.07) is 0. The van der Waals surface area contributed by atoms with Crippen LogP contribution in [-0.4, -0.2) is 23.0 Å². The molecule has 1 amide bonds. The lowest BCUT2D eigenvalue weighted by Crippen LogP contribution is -2.43. The van der Waals surface area contributed by atoms with E-state index in [2.05, 4.69) is 12.2 Å². The molecule has 104 valence electrons. The Morgan fingerprint density at radius 3 is 2.22 bits per heavy atom. The number of esters is 1. The molecule has 0 saturated heterocycles. The van der Waals surface area contributed by atoms with Gasteiger partial charge in [0.25, 0.3) is 0 Å². The molecule has 1 aliphatic rings. The summed E-state index contributed by atoms with van der Waals surface area (Å²) in [7, 11) is 0. The van der Waals surface area contributed by atoms with Crippen LogP contribution in [0.5, 0.6) is 0 Å². The summed E-state index contributed by atoms with van der Waals surface area (Å²) in [6.07, 6.45) is 4.77. The highest BCUT2D eigenvalue weighted by Crippen LogP contribution is 2.28. The van der Waals surface area contributed by atoms with E-state index in [0.717, 1.165) is 12.8 Å². The first-order chi connectivity index (χ1) is 8.20. The second-order valence-electron chi connectivity index (χ2n) is 6.40. The fraction of sp³-hybridized carbons (Fsp3) is 0.857. The molecule has 1 N–H and O–H groups in total. The zero-order chi connectivity index (χ0) is 13.8. The highest BCUT2D eigenvalue weighted by atomic mass is 16.6. The minimum Gasteiger partial charge on any atom is -0.460 e. The standard InChI is InChI=1S/C14H25NO3/c1-13(2,3)18-12(17)8-7-11(16)15-14(4)9-5-6-10-14/h5-10H2,1-4H3,(H,15,16). The third kappa shape index (κ3) is 5.52. The first-order valence-corrected chi connectivity index (χ1v) is 6.73. The van der Waals surface area contributed by atoms with Crippen molar-refractivity contribution in [2.75, 3.05) is 0 Å². The van der Waals surface area contributed by atoms with Crippen molar-refractivity contribution < 1.29 is 14.3 Å². The zero-order valence-electron chi connectivity index (χ0n) is 12.0. The van der Waals surface area contributed by atoms with Gasteiger partial charge in [0.1, 0.15) is 5.60 Å². The van der Waals surface area contributed by atoms with Crippen LogP contribution in [0.1, 0.15) is 66.2 Å². The topological polar surface area (TPSA) is 55.4 Å². The van der Waals surface area contributed by atoms with Gasteiger partial charge in [-0.05, 0) is 40.5 Å². The number of rotatable bonds is 4. The van der Waals surface area contributed by atoms with Crippen molar-refractivity contribution in [3.05, 3.63) is 0 Å². The van der Waals surface area contributed by atoms with Crippen LogP contribution in [0.25, 0.3) is 0 Å². The van der Waals surface area contributed by atoms with Crippen molar-refractivity contribution in [1.82, 2.24) is 5.32 Å². The van der Waals surface area contributed by atoms with Gasteiger partial charge in [-0.1, -0.05) is 12.8 Å². The minimum absolute atomic E-state index is 0.0507. The van der Waals surface area contributed by atoms with Crippen LogP contribution < -0.4 is 5.32 Å². The van der Waals surface area contributed by atoms with Crippen LogP contribution in [0.3, 0.4) is 0 Å². The Morgan fingerprint density at radius 1 is 1.17 bits per heavy atom. The van der Waals surface area contributed by atoms with Crippen LogP contribution >= 0.6 is 0 Å². The van der Waals surface area contributed by atoms with Crippen molar-refractivity contribution in [3.63, 3.8) is 0 Å². The number of hydrogen-bond acceptors (Lipinski definition) is 3. The first kappa shape index (κ1) is 15.0. The normalized spacial score (nSPS) is 18.4. The molecule has 0 bridgehead atoms. The summed E-state index contributed by atoms with van der Waals surface area (Å²) >= 11 is 0. The van der Waals surface area contributed by atoms with Gasteiger partial charge in [0.15, 0.2) is 0 Å². The molecule has 0 aromatic heterocycles. The van der Waals surface area contributed by atoms with Crippen LogP contribution in [0.15, 0.2) is 0 Å². The number of carbonyl (C=O) groups is 2. The van der Waals surface area contributed by atoms with Gasteiger partial charge >= 0.3 is 5.97 Å². The molecule has 0 heterocycles. The molecule has 0 radical (unpaired) electrons. The van der Waals surface area contributed by atoms with Crippen molar-refractivity contribution in [2.45, 2.75) is 77.4 Å². The molecular formula is C14H25NO3. The summed E-state index contributed by atoms with van der Waals surface area (Å²) in [5.41, 5.74) is -0.546. The van der Waals surface area contributed by atoms with Gasteiger partial charge in [0.2, 0.25) is 5.91 Å². The van der Waals surface area contributed by atoms with E-state index in [4.69, 9.17) is 4.74 Å². The number of carbonyl (C=O) groups excluding carboxylic acids is 2. The van der Waals surface area contributed by atoms with Crippen molar-refractivity contribution in [3.8, 4) is 0 Å². The molecule has 1 rings (SSSR count). The van der Waals surface area contributed by atoms with E-state index in [1.807, 2.05) is 20.8 Å². The maximum Gasteiger partial charge on any atom is 0.306 e. The average Bonchev–Trinajstić information content (AvgIpc) is 2.59. The number of nitrogens with one attached hydrogen (secondary N) is 1. The van der Waals surface area contributed by atoms with E-state index in [0.29, 0.717) is 0 Å². The van der Waals surface area contributed by atoms with Crippen LogP contribution in [0.2, 0.25) is 0 Å². The van der Waals surface area contributed by atoms with Crippen molar-refractivity contribution in [2.24, 2.45) is 0 Å². The fourth-order valence-electron chi connectivity index (χ4n) is 2.29. The smallest absolute Gasteiger partial charge is 0.306 e. The molecule has 0 atom stereocenters. The lowest BCUT2D eigenvalue weighted by Gasteiger charge is -2.25. The molecule has 0 aromatic carbocycles. The van der Waals surface area contributed by atoms with Crippen LogP contribution in [-0.2, 0) is 14.3 Å². The van der Waals surface area contributed by atoms with Gasteiger partial charge < -0.3 is 10.1 Å². The second kappa shape index (κ2) is 5.72. The van der Waals surface area contributed by atoms with Gasteiger partial charge in [-0.3, -0.25) is 9.59 Å². The molecule has 1 saturated carbocycles. The van der Waals surface area contributed by atoms with E-state index in [1.165, 1.54) is 12.8 Å². The maximum atomic E-state index is 11.8. The first-order valence-electron chi connectivity index (χ1n) is 6.73. The van der Waals surface area contributed by atoms with Gasteiger partial charge in [0.05, 0.1) is 6.42 Å². The average molecular weight is 255 g/mol. The Balaban J connectivity index is 2.27. The van der Waals surface area contributed by atoms with Crippen LogP contribution in [0, 0.1) is 0 Å². The predicted octanol–water partition coefficient (Wildman–Crippen LogP) is 2.56. The number of hydrogen-bond donors (Lipinski definition) is 1. The van der Waals surface area contributed by atoms with Gasteiger partial charge in [-0.2, -0.15) is 0 Å². The molecule has 18 heavy (non-hydrogen) atoms. The van der Waals surface area contributed by atoms with E-state index < -0.39 is 5.60 Å². The monoisotopic (exact) mass is 255 g/mol. The quantitative estimate of drug-likeness (QED) is 0.785. The molecule has 4 heteroatoms. The Hall–Kier alpha value is -1.06. The van der Waals surface area contributed by atoms with E-state index >= 15 is 0 Å². The summed E-state index contributed by atoms with van der Waals surface area (Å²) in [5.74, 6) is -0.362. The second-order valence-corrected chi connectivity index (χ2v) is 6.40. The molecule has 1 aliphatic carbocycles. The molecule has 0 unspecified atom stereocenters. The van der Waals surface area contributed by atoms with E-state index in [-0.39, 0.29) is 30.3 Å². The molecule has 4 nitrogen and oxygen atoms in total. The van der Waals surface area contributed by atoms with Crippen molar-refractivity contribution in [1.29, 1.82) is 0 Å². The highest BCUT2D eigenvalue weighted by Gasteiger charge is 2.30. The molecule has 1 fully saturated rings. The Morgan fingerprint density at radius 2 is 1.72 bits per heavy atom. The van der Waals surface area contributed by atoms with E-state index in [1.54, 1.807) is 0 Å². The van der Waals surface area contributed by atoms with Gasteiger partial charge in [-0.15, -0.1) is 0 Å². The summed E-state index contributed by atoms with van der Waals surface area (Å²) in [4.78, 5) is 23.2. The summed E-state index contributed by atoms with van der Waals surface area (Å²) in [6.45, 7) is 7.55. The lowest BCUT2D eigenvalue weighted by molar-refractivity contribution is -0.155. The Bertz CT molecular complexity index is 311. The predicted molar refractivity (Wildman–Crippen MR) is 70.1 cm³/mol. The highest BCUT2D eigenvalue weighted by molar-refractivity contribution is 5.81. The molecular weight excluding hydrogens is 230 g/mol. The van der Waals surface area contributed by atoms with Gasteiger partial charge in [0, 0.05) is 12.0 Å². The third-order valence-electron chi connectivity index (χ3n) is 3.12. The summed E-state index contributed by atoms with van der Waals surface area (Å²) < 4.78 is 5.16. The number of ether oxygens (including phenoxy) is 1. The largest absolute Gasteiger partial charge is 0.460 e. The molecule has 0 spiro atoms. The zero-order valence-corrected chi connectivity index (χ0v) is 12.0. The Labute approximate surface area is 109 Å². The minimum atomic E-state index is -0.481. The Kier molecular flexibility index (Phi) is 4.77. The maximum absolute atomic E-state index is 11.8. The molecule has 0 aliphatic heterocycles. The van der Waals surface area contributed by atoms with Crippen LogP contribution in [0.4, 0.5) is 0 Å². The van der Waals surface area contributed by atoms with Crippen molar-refractivity contribution >= 4 is 11.9 Å². The molecule has 0 aromatic rings. The van der Waals surface area contributed by atoms with E-state index in [9.17, 15) is 9.59 Å².